The van der Waals surface area contributed by atoms with Gasteiger partial charge < -0.3 is 0 Å². The van der Waals surface area contributed by atoms with Crippen LogP contribution in [0.4, 0.5) is 0 Å². The molecule has 0 aromatic heterocycles. The van der Waals surface area contributed by atoms with Crippen LogP contribution in [0.25, 0.3) is 21.5 Å². The number of benzene rings is 3. The van der Waals surface area contributed by atoms with Gasteiger partial charge in [0.1, 0.15) is 0 Å². The Morgan fingerprint density at radius 2 is 1.10 bits per heavy atom. The van der Waals surface area contributed by atoms with Gasteiger partial charge in [0.15, 0.2) is 0 Å². The van der Waals surface area contributed by atoms with Gasteiger partial charge in [-0.3, -0.25) is 0 Å². The van der Waals surface area contributed by atoms with Gasteiger partial charge in [0.2, 0.25) is 0 Å². The highest BCUT2D eigenvalue weighted by atomic mass is 14.5. The van der Waals surface area contributed by atoms with Crippen LogP contribution in [0.15, 0.2) is 54.6 Å². The summed E-state index contributed by atoms with van der Waals surface area (Å²) in [4.78, 5) is 0. The Morgan fingerprint density at radius 3 is 1.58 bits per heavy atom. The average Bonchev–Trinajstić information content (AvgIpc) is 2.77. The van der Waals surface area contributed by atoms with Gasteiger partial charge in [-0.05, 0) is 93.4 Å². The summed E-state index contributed by atoms with van der Waals surface area (Å²) in [5.41, 5.74) is 1.59. The third-order valence-corrected chi connectivity index (χ3v) is 9.47. The maximum atomic E-state index is 2.53. The first-order valence-electron chi connectivity index (χ1n) is 12.7. The molecule has 0 amide bonds. The molecule has 0 saturated heterocycles. The Hall–Kier alpha value is -1.82. The fourth-order valence-electron chi connectivity index (χ4n) is 6.85. The molecule has 166 valence electrons. The van der Waals surface area contributed by atoms with Gasteiger partial charge in [0, 0.05) is 0 Å². The van der Waals surface area contributed by atoms with Gasteiger partial charge in [-0.25, -0.2) is 0 Å². The highest BCUT2D eigenvalue weighted by Crippen LogP contribution is 2.49. The minimum atomic E-state index is 0.598. The second kappa shape index (κ2) is 8.97. The summed E-state index contributed by atoms with van der Waals surface area (Å²) in [6, 6.07) is 20.5. The molecule has 0 N–H and O–H groups in total. The first kappa shape index (κ1) is 22.4. The van der Waals surface area contributed by atoms with Crippen LogP contribution in [0, 0.1) is 41.4 Å². The van der Waals surface area contributed by atoms with E-state index in [1.54, 1.807) is 5.56 Å². The molecule has 0 aliphatic heterocycles. The summed E-state index contributed by atoms with van der Waals surface area (Å²) < 4.78 is 0. The van der Waals surface area contributed by atoms with E-state index in [0.29, 0.717) is 11.8 Å². The van der Waals surface area contributed by atoms with Gasteiger partial charge in [0.25, 0.3) is 0 Å². The Balaban J connectivity index is 1.72. The van der Waals surface area contributed by atoms with Crippen molar-refractivity contribution < 1.29 is 0 Å². The molecule has 31 heavy (non-hydrogen) atoms. The summed E-state index contributed by atoms with van der Waals surface area (Å²) in [6.07, 6.45) is 2.65. The molecule has 1 fully saturated rings. The molecule has 0 radical (unpaired) electrons. The van der Waals surface area contributed by atoms with E-state index >= 15 is 0 Å². The van der Waals surface area contributed by atoms with Crippen molar-refractivity contribution in [3.05, 3.63) is 60.2 Å². The third kappa shape index (κ3) is 4.04. The van der Waals surface area contributed by atoms with Crippen molar-refractivity contribution in [3.8, 4) is 0 Å². The zero-order chi connectivity index (χ0) is 22.3. The van der Waals surface area contributed by atoms with Crippen LogP contribution in [0.3, 0.4) is 0 Å². The maximum Gasteiger partial charge on any atom is -0.0126 e. The van der Waals surface area contributed by atoms with E-state index in [9.17, 15) is 0 Å². The fraction of sp³-hybridized carbons (Fsp3) is 0.548. The van der Waals surface area contributed by atoms with E-state index in [1.165, 1.54) is 34.4 Å². The number of rotatable bonds is 5. The van der Waals surface area contributed by atoms with Crippen molar-refractivity contribution in [3.63, 3.8) is 0 Å². The molecule has 3 aromatic rings. The molecule has 5 atom stereocenters. The molecule has 0 heteroatoms. The van der Waals surface area contributed by atoms with Crippen molar-refractivity contribution in [1.29, 1.82) is 0 Å². The standard InChI is InChI=1S/C31H42/c1-19(2)27(16-17-28-23(6)21(4)20(3)22(5)24(28)7)31-29-14-10-8-12-25(29)18-26-13-9-11-15-30(26)31/h8-15,18-24,27-28H,16-17H2,1-7H3. The summed E-state index contributed by atoms with van der Waals surface area (Å²) in [5.74, 6) is 6.20. The van der Waals surface area contributed by atoms with Gasteiger partial charge in [0.05, 0.1) is 0 Å². The Kier molecular flexibility index (Phi) is 6.47. The molecule has 0 heterocycles. The monoisotopic (exact) mass is 414 g/mol. The van der Waals surface area contributed by atoms with E-state index in [1.807, 2.05) is 0 Å². The molecule has 0 spiro atoms. The van der Waals surface area contributed by atoms with Gasteiger partial charge in [-0.2, -0.15) is 0 Å². The fourth-order valence-corrected chi connectivity index (χ4v) is 6.85. The second-order valence-corrected chi connectivity index (χ2v) is 11.1. The molecular formula is C31H42. The lowest BCUT2D eigenvalue weighted by atomic mass is 9.58. The van der Waals surface area contributed by atoms with E-state index in [-0.39, 0.29) is 0 Å². The van der Waals surface area contributed by atoms with E-state index in [2.05, 4.69) is 103 Å². The summed E-state index contributed by atoms with van der Waals surface area (Å²) in [7, 11) is 0. The summed E-state index contributed by atoms with van der Waals surface area (Å²) >= 11 is 0. The maximum absolute atomic E-state index is 2.53. The predicted octanol–water partition coefficient (Wildman–Crippen LogP) is 9.32. The molecule has 1 aliphatic rings. The highest BCUT2D eigenvalue weighted by Gasteiger charge is 2.41. The summed E-state index contributed by atoms with van der Waals surface area (Å²) in [6.45, 7) is 17.4. The predicted molar refractivity (Wildman–Crippen MR) is 138 cm³/mol. The second-order valence-electron chi connectivity index (χ2n) is 11.1. The largest absolute Gasteiger partial charge is 0.0622 e. The number of hydrogen-bond donors (Lipinski definition) is 0. The first-order valence-corrected chi connectivity index (χ1v) is 12.7. The van der Waals surface area contributed by atoms with E-state index in [4.69, 9.17) is 0 Å². The highest BCUT2D eigenvalue weighted by molar-refractivity contribution is 6.02. The third-order valence-electron chi connectivity index (χ3n) is 9.47. The van der Waals surface area contributed by atoms with E-state index in [0.717, 1.165) is 35.5 Å². The topological polar surface area (TPSA) is 0 Å². The molecular weight excluding hydrogens is 372 g/mol. The lowest BCUT2D eigenvalue weighted by molar-refractivity contribution is 0.0138. The molecule has 1 aliphatic carbocycles. The van der Waals surface area contributed by atoms with Gasteiger partial charge in [-0.15, -0.1) is 0 Å². The zero-order valence-corrected chi connectivity index (χ0v) is 20.7. The SMILES string of the molecule is CC(C)C(CCC1C(C)C(C)C(C)C(C)C1C)c1c2ccccc2cc2ccccc12. The van der Waals surface area contributed by atoms with Crippen LogP contribution in [0.2, 0.25) is 0 Å². The quantitative estimate of drug-likeness (QED) is 0.365. The molecule has 3 aromatic carbocycles. The molecule has 1 saturated carbocycles. The minimum absolute atomic E-state index is 0.598. The Labute approximate surface area is 190 Å². The Bertz CT molecular complexity index is 959. The van der Waals surface area contributed by atoms with Crippen molar-refractivity contribution in [2.24, 2.45) is 41.4 Å². The smallest absolute Gasteiger partial charge is 0.0126 e. The zero-order valence-electron chi connectivity index (χ0n) is 20.7. The number of fused-ring (bicyclic) bond motifs is 2. The minimum Gasteiger partial charge on any atom is -0.0622 e. The summed E-state index contributed by atoms with van der Waals surface area (Å²) in [5, 5.41) is 5.69. The normalized spacial score (nSPS) is 30.2. The molecule has 0 bridgehead atoms. The molecule has 0 nitrogen and oxygen atoms in total. The van der Waals surface area contributed by atoms with Crippen molar-refractivity contribution >= 4 is 21.5 Å². The van der Waals surface area contributed by atoms with Gasteiger partial charge in [-0.1, -0.05) is 97.0 Å². The molecule has 5 unspecified atom stereocenters. The van der Waals surface area contributed by atoms with Crippen LogP contribution >= 0.6 is 0 Å². The molecule has 4 rings (SSSR count). The first-order chi connectivity index (χ1) is 14.8. The van der Waals surface area contributed by atoms with Crippen LogP contribution < -0.4 is 0 Å². The van der Waals surface area contributed by atoms with E-state index < -0.39 is 0 Å². The van der Waals surface area contributed by atoms with Crippen LogP contribution in [0.1, 0.15) is 72.8 Å². The number of hydrogen-bond acceptors (Lipinski definition) is 0. The van der Waals surface area contributed by atoms with Crippen molar-refractivity contribution in [1.82, 2.24) is 0 Å². The van der Waals surface area contributed by atoms with Gasteiger partial charge >= 0.3 is 0 Å². The van der Waals surface area contributed by atoms with Crippen LogP contribution in [-0.2, 0) is 0 Å². The average molecular weight is 415 g/mol. The van der Waals surface area contributed by atoms with Crippen molar-refractivity contribution in [2.45, 2.75) is 67.2 Å². The van der Waals surface area contributed by atoms with Crippen LogP contribution in [-0.4, -0.2) is 0 Å². The van der Waals surface area contributed by atoms with Crippen LogP contribution in [0.5, 0.6) is 0 Å². The van der Waals surface area contributed by atoms with Crippen molar-refractivity contribution in [2.75, 3.05) is 0 Å². The Morgan fingerprint density at radius 1 is 0.645 bits per heavy atom. The lowest BCUT2D eigenvalue weighted by Crippen LogP contribution is -2.41. The lowest BCUT2D eigenvalue weighted by Gasteiger charge is -2.48.